The second kappa shape index (κ2) is 12.1. The summed E-state index contributed by atoms with van der Waals surface area (Å²) in [7, 11) is 4.05. The number of quaternary nitrogens is 1. The Balaban J connectivity index is 2.09. The number of carbonyl (C=O) groups excluding carboxylic acids is 2. The maximum atomic E-state index is 13.3. The van der Waals surface area contributed by atoms with E-state index in [1.807, 2.05) is 21.0 Å². The van der Waals surface area contributed by atoms with E-state index in [0.717, 1.165) is 12.1 Å². The number of hydrogen-bond acceptors (Lipinski definition) is 6. The van der Waals surface area contributed by atoms with Crippen molar-refractivity contribution in [2.75, 3.05) is 40.4 Å². The fourth-order valence-electron chi connectivity index (χ4n) is 4.40. The molecule has 0 bridgehead atoms. The summed E-state index contributed by atoms with van der Waals surface area (Å²) in [5.74, 6) is -0.341. The summed E-state index contributed by atoms with van der Waals surface area (Å²) < 4.78 is 11.4. The third-order valence-corrected chi connectivity index (χ3v) is 6.24. The Morgan fingerprint density at radius 1 is 1.08 bits per heavy atom. The molecule has 3 rings (SSSR count). The first-order chi connectivity index (χ1) is 17.5. The van der Waals surface area contributed by atoms with Crippen molar-refractivity contribution in [3.8, 4) is 17.2 Å². The number of aryl methyl sites for hydroxylation is 1. The van der Waals surface area contributed by atoms with Crippen molar-refractivity contribution >= 4 is 17.4 Å². The molecule has 1 heterocycles. The number of nitrogens with zero attached hydrogens (tertiary/aromatic N) is 1. The molecular formula is C29H39N2O6+. The number of likely N-dealkylation sites (tertiary alicyclic amines) is 1. The van der Waals surface area contributed by atoms with Gasteiger partial charge in [0.25, 0.3) is 11.7 Å². The van der Waals surface area contributed by atoms with Crippen LogP contribution in [-0.4, -0.2) is 67.2 Å². The molecule has 0 spiro atoms. The molecule has 0 radical (unpaired) electrons. The molecule has 1 atom stereocenters. The van der Waals surface area contributed by atoms with E-state index in [1.54, 1.807) is 37.3 Å². The van der Waals surface area contributed by atoms with E-state index in [4.69, 9.17) is 9.47 Å². The molecule has 8 heteroatoms. The predicted molar refractivity (Wildman–Crippen MR) is 142 cm³/mol. The van der Waals surface area contributed by atoms with E-state index in [2.05, 4.69) is 13.8 Å². The number of ether oxygens (including phenoxy) is 2. The SMILES string of the molecule is CCOc1cc(C2C(=C(O)c3ccc(OCC(C)C)c(C)c3)C(=O)C(=O)N2CCC[NH+](C)C)ccc1O. The van der Waals surface area contributed by atoms with Gasteiger partial charge in [-0.15, -0.1) is 0 Å². The molecule has 1 amide bonds. The molecule has 1 unspecified atom stereocenters. The second-order valence-electron chi connectivity index (χ2n) is 10.1. The number of aromatic hydroxyl groups is 1. The van der Waals surface area contributed by atoms with Gasteiger partial charge in [-0.25, -0.2) is 0 Å². The average Bonchev–Trinajstić information content (AvgIpc) is 3.09. The van der Waals surface area contributed by atoms with E-state index in [9.17, 15) is 19.8 Å². The standard InChI is InChI=1S/C29H38N2O6/c1-7-36-24-16-20(9-11-22(24)32)26-25(28(34)29(35)31(26)14-8-13-30(5)6)27(33)21-10-12-23(19(4)15-21)37-17-18(2)3/h9-12,15-16,18,26,32-33H,7-8,13-14,17H2,1-6H3/p+1. The van der Waals surface area contributed by atoms with Crippen molar-refractivity contribution in [3.05, 3.63) is 58.7 Å². The summed E-state index contributed by atoms with van der Waals surface area (Å²) in [4.78, 5) is 29.2. The Kier molecular flexibility index (Phi) is 9.21. The summed E-state index contributed by atoms with van der Waals surface area (Å²) in [5.41, 5.74) is 1.84. The predicted octanol–water partition coefficient (Wildman–Crippen LogP) is 3.09. The van der Waals surface area contributed by atoms with Crippen LogP contribution >= 0.6 is 0 Å². The fraction of sp³-hybridized carbons (Fsp3) is 0.448. The van der Waals surface area contributed by atoms with Crippen LogP contribution in [0.1, 0.15) is 49.9 Å². The summed E-state index contributed by atoms with van der Waals surface area (Å²) in [6.07, 6.45) is 0.684. The number of phenols is 1. The van der Waals surface area contributed by atoms with Gasteiger partial charge in [-0.1, -0.05) is 19.9 Å². The van der Waals surface area contributed by atoms with Gasteiger partial charge < -0.3 is 29.5 Å². The zero-order valence-electron chi connectivity index (χ0n) is 22.6. The minimum Gasteiger partial charge on any atom is -0.507 e. The fourth-order valence-corrected chi connectivity index (χ4v) is 4.40. The molecule has 37 heavy (non-hydrogen) atoms. The number of Topliss-reactive ketones (excluding diaryl/α,β-unsaturated/α-hetero) is 1. The lowest BCUT2D eigenvalue weighted by Crippen LogP contribution is -3.05. The lowest BCUT2D eigenvalue weighted by atomic mass is 9.94. The van der Waals surface area contributed by atoms with Crippen LogP contribution in [0.4, 0.5) is 0 Å². The van der Waals surface area contributed by atoms with E-state index >= 15 is 0 Å². The molecule has 2 aromatic carbocycles. The average molecular weight is 512 g/mol. The number of benzene rings is 2. The molecule has 0 aromatic heterocycles. The quantitative estimate of drug-likeness (QED) is 0.244. The number of aliphatic hydroxyl groups excluding tert-OH is 1. The summed E-state index contributed by atoms with van der Waals surface area (Å²) in [6, 6.07) is 9.17. The molecule has 2 aromatic rings. The Morgan fingerprint density at radius 2 is 1.81 bits per heavy atom. The van der Waals surface area contributed by atoms with Crippen molar-refractivity contribution in [2.45, 2.75) is 40.2 Å². The molecule has 0 saturated carbocycles. The highest BCUT2D eigenvalue weighted by Crippen LogP contribution is 2.42. The first-order valence-electron chi connectivity index (χ1n) is 12.8. The molecular weight excluding hydrogens is 472 g/mol. The Bertz CT molecular complexity index is 1170. The largest absolute Gasteiger partial charge is 0.507 e. The number of hydrogen-bond donors (Lipinski definition) is 3. The molecule has 1 saturated heterocycles. The highest BCUT2D eigenvalue weighted by atomic mass is 16.5. The van der Waals surface area contributed by atoms with Gasteiger partial charge in [0.2, 0.25) is 0 Å². The third-order valence-electron chi connectivity index (χ3n) is 6.24. The highest BCUT2D eigenvalue weighted by Gasteiger charge is 2.46. The first-order valence-corrected chi connectivity index (χ1v) is 12.8. The molecule has 8 nitrogen and oxygen atoms in total. The first kappa shape index (κ1) is 28.1. The number of phenolic OH excluding ortho intramolecular Hbond substituents is 1. The number of rotatable bonds is 11. The van der Waals surface area contributed by atoms with E-state index in [-0.39, 0.29) is 22.8 Å². The zero-order valence-corrected chi connectivity index (χ0v) is 22.6. The van der Waals surface area contributed by atoms with Crippen LogP contribution in [0.3, 0.4) is 0 Å². The lowest BCUT2D eigenvalue weighted by molar-refractivity contribution is -0.858. The van der Waals surface area contributed by atoms with Crippen molar-refractivity contribution in [1.82, 2.24) is 4.90 Å². The Labute approximate surface area is 219 Å². The molecule has 1 aliphatic rings. The number of amides is 1. The van der Waals surface area contributed by atoms with E-state index in [1.165, 1.54) is 15.9 Å². The minimum atomic E-state index is -0.811. The lowest BCUT2D eigenvalue weighted by Gasteiger charge is -2.26. The Hall–Kier alpha value is -3.52. The van der Waals surface area contributed by atoms with Crippen LogP contribution in [0, 0.1) is 12.8 Å². The van der Waals surface area contributed by atoms with Gasteiger partial charge in [-0.3, -0.25) is 9.59 Å². The highest BCUT2D eigenvalue weighted by molar-refractivity contribution is 6.46. The van der Waals surface area contributed by atoms with Gasteiger partial charge in [0.1, 0.15) is 11.5 Å². The van der Waals surface area contributed by atoms with Crippen LogP contribution in [0.2, 0.25) is 0 Å². The van der Waals surface area contributed by atoms with Gasteiger partial charge >= 0.3 is 0 Å². The van der Waals surface area contributed by atoms with Crippen molar-refractivity contribution in [2.24, 2.45) is 5.92 Å². The van der Waals surface area contributed by atoms with Crippen molar-refractivity contribution < 1.29 is 34.2 Å². The zero-order chi connectivity index (χ0) is 27.3. The van der Waals surface area contributed by atoms with E-state index < -0.39 is 17.7 Å². The normalized spacial score (nSPS) is 17.2. The van der Waals surface area contributed by atoms with Gasteiger partial charge in [0.05, 0.1) is 45.5 Å². The van der Waals surface area contributed by atoms with Crippen molar-refractivity contribution in [1.29, 1.82) is 0 Å². The van der Waals surface area contributed by atoms with E-state index in [0.29, 0.717) is 49.0 Å². The van der Waals surface area contributed by atoms with Crippen molar-refractivity contribution in [3.63, 3.8) is 0 Å². The second-order valence-corrected chi connectivity index (χ2v) is 10.1. The number of ketones is 1. The monoisotopic (exact) mass is 511 g/mol. The maximum absolute atomic E-state index is 13.3. The van der Waals surface area contributed by atoms with Crippen LogP contribution in [0.15, 0.2) is 42.0 Å². The smallest absolute Gasteiger partial charge is 0.295 e. The molecule has 0 aliphatic carbocycles. The molecule has 200 valence electrons. The Morgan fingerprint density at radius 3 is 2.43 bits per heavy atom. The summed E-state index contributed by atoms with van der Waals surface area (Å²) >= 11 is 0. The van der Waals surface area contributed by atoms with Gasteiger partial charge in [-0.2, -0.15) is 0 Å². The minimum absolute atomic E-state index is 0.0191. The van der Waals surface area contributed by atoms with Crippen LogP contribution in [0.5, 0.6) is 17.2 Å². The van der Waals surface area contributed by atoms with Gasteiger partial charge in [0, 0.05) is 18.5 Å². The maximum Gasteiger partial charge on any atom is 0.295 e. The molecule has 1 fully saturated rings. The molecule has 1 aliphatic heterocycles. The summed E-state index contributed by atoms with van der Waals surface area (Å²) in [5, 5.41) is 21.6. The topological polar surface area (TPSA) is 101 Å². The number of aliphatic hydroxyl groups is 1. The van der Waals surface area contributed by atoms with Gasteiger partial charge in [0.15, 0.2) is 11.5 Å². The van der Waals surface area contributed by atoms with Gasteiger partial charge in [-0.05, 0) is 61.2 Å². The molecule has 3 N–H and O–H groups in total. The van der Waals surface area contributed by atoms with Crippen LogP contribution in [-0.2, 0) is 9.59 Å². The van der Waals surface area contributed by atoms with Crippen LogP contribution in [0.25, 0.3) is 5.76 Å². The number of nitrogens with one attached hydrogen (secondary N) is 1. The third kappa shape index (κ3) is 6.43. The summed E-state index contributed by atoms with van der Waals surface area (Å²) in [6.45, 7) is 9.88. The number of carbonyl (C=O) groups is 2. The van der Waals surface area contributed by atoms with Crippen LogP contribution < -0.4 is 14.4 Å².